The fourth-order valence-electron chi connectivity index (χ4n) is 2.60. The van der Waals surface area contributed by atoms with E-state index in [0.717, 1.165) is 44.9 Å². The third-order valence-corrected chi connectivity index (χ3v) is 3.25. The largest absolute Gasteiger partial charge is 0.376 e. The van der Waals surface area contributed by atoms with Crippen LogP contribution >= 0.6 is 24.0 Å². The molecule has 2 atom stereocenters. The maximum atomic E-state index is 5.73. The lowest BCUT2D eigenvalue weighted by molar-refractivity contribution is -0.0509. The molecule has 100 valence electrons. The van der Waals surface area contributed by atoms with Crippen LogP contribution in [0.1, 0.15) is 33.1 Å². The molecule has 0 aromatic rings. The van der Waals surface area contributed by atoms with Crippen molar-refractivity contribution in [3.63, 3.8) is 0 Å². The molecule has 0 bridgehead atoms. The highest BCUT2D eigenvalue weighted by Gasteiger charge is 2.24. The van der Waals surface area contributed by atoms with Crippen molar-refractivity contribution in [1.29, 1.82) is 0 Å². The molecule has 1 saturated heterocycles. The molecule has 2 rings (SSSR count). The van der Waals surface area contributed by atoms with Crippen LogP contribution < -0.4 is 10.6 Å². The van der Waals surface area contributed by atoms with Crippen LogP contribution in [0.3, 0.4) is 0 Å². The molecule has 2 N–H and O–H groups in total. The number of hydrogen-bond donors (Lipinski definition) is 2. The highest BCUT2D eigenvalue weighted by atomic mass is 127. The molecule has 17 heavy (non-hydrogen) atoms. The number of halogens is 1. The lowest BCUT2D eigenvalue weighted by Crippen LogP contribution is -2.44. The summed E-state index contributed by atoms with van der Waals surface area (Å²) in [6.45, 7) is 7.35. The van der Waals surface area contributed by atoms with Gasteiger partial charge in [-0.15, -0.1) is 24.0 Å². The SMILES string of the molecule is CC1CC(CNC2=NCCCN2)CC(C)O1.I. The Labute approximate surface area is 121 Å². The Morgan fingerprint density at radius 3 is 2.65 bits per heavy atom. The standard InChI is InChI=1S/C12H23N3O.HI/c1-9-6-11(7-10(2)16-9)8-15-12-13-4-3-5-14-12;/h9-11H,3-8H2,1-2H3,(H2,13,14,15);1H. The first-order valence-corrected chi connectivity index (χ1v) is 6.41. The number of nitrogens with one attached hydrogen (secondary N) is 2. The number of hydrogen-bond acceptors (Lipinski definition) is 4. The quantitative estimate of drug-likeness (QED) is 0.744. The van der Waals surface area contributed by atoms with Gasteiger partial charge in [0.15, 0.2) is 5.96 Å². The highest BCUT2D eigenvalue weighted by Crippen LogP contribution is 2.23. The van der Waals surface area contributed by atoms with Gasteiger partial charge in [0.1, 0.15) is 0 Å². The minimum Gasteiger partial charge on any atom is -0.376 e. The van der Waals surface area contributed by atoms with Gasteiger partial charge >= 0.3 is 0 Å². The van der Waals surface area contributed by atoms with E-state index in [2.05, 4.69) is 29.5 Å². The van der Waals surface area contributed by atoms with Crippen LogP contribution in [0.2, 0.25) is 0 Å². The summed E-state index contributed by atoms with van der Waals surface area (Å²) in [5.41, 5.74) is 0. The van der Waals surface area contributed by atoms with Gasteiger partial charge in [0.25, 0.3) is 0 Å². The van der Waals surface area contributed by atoms with Gasteiger partial charge in [0.2, 0.25) is 0 Å². The zero-order valence-corrected chi connectivity index (χ0v) is 13.1. The van der Waals surface area contributed by atoms with E-state index in [1.54, 1.807) is 0 Å². The van der Waals surface area contributed by atoms with Gasteiger partial charge in [0, 0.05) is 19.6 Å². The van der Waals surface area contributed by atoms with Gasteiger partial charge < -0.3 is 15.4 Å². The smallest absolute Gasteiger partial charge is 0.191 e. The molecular weight excluding hydrogens is 329 g/mol. The molecular formula is C12H24IN3O. The summed E-state index contributed by atoms with van der Waals surface area (Å²) in [5, 5.41) is 6.70. The number of rotatable bonds is 2. The lowest BCUT2D eigenvalue weighted by Gasteiger charge is -2.32. The molecule has 0 aromatic carbocycles. The minimum atomic E-state index is 0. The van der Waals surface area contributed by atoms with E-state index in [0.29, 0.717) is 18.1 Å². The van der Waals surface area contributed by atoms with E-state index in [1.807, 2.05) is 0 Å². The van der Waals surface area contributed by atoms with Gasteiger partial charge in [-0.05, 0) is 39.0 Å². The summed E-state index contributed by atoms with van der Waals surface area (Å²) < 4.78 is 5.73. The third kappa shape index (κ3) is 4.99. The maximum Gasteiger partial charge on any atom is 0.191 e. The first-order chi connectivity index (χ1) is 7.74. The number of nitrogens with zero attached hydrogens (tertiary/aromatic N) is 1. The van der Waals surface area contributed by atoms with Crippen molar-refractivity contribution in [2.75, 3.05) is 19.6 Å². The van der Waals surface area contributed by atoms with Gasteiger partial charge in [-0.1, -0.05) is 0 Å². The molecule has 2 aliphatic heterocycles. The summed E-state index contributed by atoms with van der Waals surface area (Å²) in [6, 6.07) is 0. The molecule has 0 aromatic heterocycles. The second kappa shape index (κ2) is 7.41. The van der Waals surface area contributed by atoms with Crippen LogP contribution in [0.25, 0.3) is 0 Å². The fraction of sp³-hybridized carbons (Fsp3) is 0.917. The average Bonchev–Trinajstić information content (AvgIpc) is 2.27. The summed E-state index contributed by atoms with van der Waals surface area (Å²) in [6.07, 6.45) is 4.26. The first-order valence-electron chi connectivity index (χ1n) is 6.41. The molecule has 1 fully saturated rings. The molecule has 0 aliphatic carbocycles. The summed E-state index contributed by atoms with van der Waals surface area (Å²) >= 11 is 0. The van der Waals surface area contributed by atoms with Crippen LogP contribution in [0, 0.1) is 5.92 Å². The summed E-state index contributed by atoms with van der Waals surface area (Å²) in [4.78, 5) is 4.42. The number of aliphatic imine (C=N–C) groups is 1. The predicted octanol–water partition coefficient (Wildman–Crippen LogP) is 1.75. The zero-order valence-electron chi connectivity index (χ0n) is 10.7. The van der Waals surface area contributed by atoms with Crippen LogP contribution in [0.15, 0.2) is 4.99 Å². The van der Waals surface area contributed by atoms with Gasteiger partial charge in [-0.3, -0.25) is 4.99 Å². The van der Waals surface area contributed by atoms with Crippen LogP contribution in [0.5, 0.6) is 0 Å². The first kappa shape index (κ1) is 15.0. The normalized spacial score (nSPS) is 33.1. The molecule has 0 amide bonds. The maximum absolute atomic E-state index is 5.73. The second-order valence-electron chi connectivity index (χ2n) is 4.99. The summed E-state index contributed by atoms with van der Waals surface area (Å²) in [5.74, 6) is 1.70. The Hall–Kier alpha value is -0.0400. The van der Waals surface area contributed by atoms with Crippen LogP contribution in [-0.2, 0) is 4.74 Å². The van der Waals surface area contributed by atoms with E-state index in [-0.39, 0.29) is 24.0 Å². The van der Waals surface area contributed by atoms with E-state index < -0.39 is 0 Å². The molecule has 2 aliphatic rings. The molecule has 0 spiro atoms. The predicted molar refractivity (Wildman–Crippen MR) is 81.1 cm³/mol. The Kier molecular flexibility index (Phi) is 6.54. The monoisotopic (exact) mass is 353 g/mol. The highest BCUT2D eigenvalue weighted by molar-refractivity contribution is 14.0. The van der Waals surface area contributed by atoms with E-state index in [1.165, 1.54) is 0 Å². The number of guanidine groups is 1. The van der Waals surface area contributed by atoms with Gasteiger partial charge in [0.05, 0.1) is 12.2 Å². The van der Waals surface area contributed by atoms with Crippen LogP contribution in [0.4, 0.5) is 0 Å². The second-order valence-corrected chi connectivity index (χ2v) is 4.99. The van der Waals surface area contributed by atoms with Crippen molar-refractivity contribution < 1.29 is 4.74 Å². The molecule has 2 unspecified atom stereocenters. The van der Waals surface area contributed by atoms with Crippen molar-refractivity contribution in [3.8, 4) is 0 Å². The molecule has 5 heteroatoms. The van der Waals surface area contributed by atoms with Crippen molar-refractivity contribution in [2.45, 2.75) is 45.3 Å². The van der Waals surface area contributed by atoms with E-state index in [4.69, 9.17) is 4.74 Å². The molecule has 2 heterocycles. The average molecular weight is 353 g/mol. The van der Waals surface area contributed by atoms with Crippen molar-refractivity contribution in [2.24, 2.45) is 10.9 Å². The number of ether oxygens (including phenoxy) is 1. The van der Waals surface area contributed by atoms with Crippen molar-refractivity contribution in [1.82, 2.24) is 10.6 Å². The van der Waals surface area contributed by atoms with Crippen LogP contribution in [-0.4, -0.2) is 37.8 Å². The molecule has 0 radical (unpaired) electrons. The van der Waals surface area contributed by atoms with Crippen molar-refractivity contribution >= 4 is 29.9 Å². The van der Waals surface area contributed by atoms with Crippen molar-refractivity contribution in [3.05, 3.63) is 0 Å². The van der Waals surface area contributed by atoms with Gasteiger partial charge in [-0.25, -0.2) is 0 Å². The zero-order chi connectivity index (χ0) is 11.4. The van der Waals surface area contributed by atoms with Gasteiger partial charge in [-0.2, -0.15) is 0 Å². The fourth-order valence-corrected chi connectivity index (χ4v) is 2.60. The third-order valence-electron chi connectivity index (χ3n) is 3.25. The van der Waals surface area contributed by atoms with E-state index >= 15 is 0 Å². The summed E-state index contributed by atoms with van der Waals surface area (Å²) in [7, 11) is 0. The Morgan fingerprint density at radius 2 is 2.06 bits per heavy atom. The minimum absolute atomic E-state index is 0. The van der Waals surface area contributed by atoms with E-state index in [9.17, 15) is 0 Å². The molecule has 0 saturated carbocycles. The molecule has 4 nitrogen and oxygen atoms in total. The Bertz CT molecular complexity index is 250. The topological polar surface area (TPSA) is 45.7 Å². The Morgan fingerprint density at radius 1 is 1.35 bits per heavy atom. The lowest BCUT2D eigenvalue weighted by atomic mass is 9.92. The Balaban J connectivity index is 0.00000144.